The van der Waals surface area contributed by atoms with Crippen LogP contribution in [-0.2, 0) is 0 Å². The van der Waals surface area contributed by atoms with Gasteiger partial charge in [-0.2, -0.15) is 0 Å². The van der Waals surface area contributed by atoms with Crippen LogP contribution in [0.15, 0.2) is 0 Å². The molecule has 0 saturated carbocycles. The van der Waals surface area contributed by atoms with Gasteiger partial charge >= 0.3 is 0 Å². The first-order valence-corrected chi connectivity index (χ1v) is 7.07. The van der Waals surface area contributed by atoms with Gasteiger partial charge in [-0.3, -0.25) is 0 Å². The molecule has 0 radical (unpaired) electrons. The summed E-state index contributed by atoms with van der Waals surface area (Å²) in [5.41, 5.74) is 0.572. The molecule has 2 heteroatoms. The van der Waals surface area contributed by atoms with E-state index in [9.17, 15) is 0 Å². The van der Waals surface area contributed by atoms with Gasteiger partial charge in [0.25, 0.3) is 0 Å². The van der Waals surface area contributed by atoms with Crippen LogP contribution in [0.25, 0.3) is 0 Å². The summed E-state index contributed by atoms with van der Waals surface area (Å²) in [5, 5.41) is 3.46. The topological polar surface area (TPSA) is 15.3 Å². The zero-order valence-corrected chi connectivity index (χ0v) is 11.5. The van der Waals surface area contributed by atoms with Crippen molar-refractivity contribution in [3.05, 3.63) is 0 Å². The van der Waals surface area contributed by atoms with Crippen LogP contribution in [0.4, 0.5) is 0 Å². The second kappa shape index (κ2) is 7.29. The van der Waals surface area contributed by atoms with Gasteiger partial charge in [0.2, 0.25) is 0 Å². The van der Waals surface area contributed by atoms with Gasteiger partial charge in [-0.25, -0.2) is 0 Å². The number of nitrogens with one attached hydrogen (secondary N) is 1. The molecule has 1 aliphatic rings. The summed E-state index contributed by atoms with van der Waals surface area (Å²) in [6, 6.07) is 0. The minimum absolute atomic E-state index is 0.572. The Balaban J connectivity index is 1.88. The van der Waals surface area contributed by atoms with E-state index in [4.69, 9.17) is 0 Å². The molecule has 0 atom stereocenters. The Labute approximate surface area is 102 Å². The van der Waals surface area contributed by atoms with E-state index in [1.165, 1.54) is 64.8 Å². The predicted octanol–water partition coefficient (Wildman–Crippen LogP) is 2.89. The number of likely N-dealkylation sites (tertiary alicyclic amines) is 1. The predicted molar refractivity (Wildman–Crippen MR) is 71.8 cm³/mol. The van der Waals surface area contributed by atoms with E-state index in [0.717, 1.165) is 0 Å². The number of hydrogen-bond donors (Lipinski definition) is 1. The Bertz CT molecular complexity index is 178. The lowest BCUT2D eigenvalue weighted by molar-refractivity contribution is 0.285. The first-order chi connectivity index (χ1) is 7.64. The molecular weight excluding hydrogens is 196 g/mol. The van der Waals surface area contributed by atoms with Gasteiger partial charge < -0.3 is 10.2 Å². The molecule has 2 nitrogen and oxygen atoms in total. The minimum atomic E-state index is 0.572. The lowest BCUT2D eigenvalue weighted by Crippen LogP contribution is -2.24. The monoisotopic (exact) mass is 226 g/mol. The van der Waals surface area contributed by atoms with Crippen LogP contribution >= 0.6 is 0 Å². The molecule has 1 aliphatic heterocycles. The molecule has 0 aromatic rings. The van der Waals surface area contributed by atoms with Gasteiger partial charge in [-0.1, -0.05) is 27.2 Å². The maximum Gasteiger partial charge on any atom is 0.00332 e. The molecule has 0 aromatic carbocycles. The van der Waals surface area contributed by atoms with Gasteiger partial charge in [-0.15, -0.1) is 0 Å². The van der Waals surface area contributed by atoms with Gasteiger partial charge in [0.15, 0.2) is 0 Å². The van der Waals surface area contributed by atoms with Crippen molar-refractivity contribution in [1.82, 2.24) is 10.2 Å². The van der Waals surface area contributed by atoms with Gasteiger partial charge in [0, 0.05) is 6.54 Å². The molecule has 96 valence electrons. The standard InChI is InChI=1S/C14H30N2/c1-4-9-15-10-6-5-7-11-16-12-8-14(2,3)13-16/h15H,4-13H2,1-3H3. The summed E-state index contributed by atoms with van der Waals surface area (Å²) in [7, 11) is 0. The number of nitrogens with zero attached hydrogens (tertiary/aromatic N) is 1. The summed E-state index contributed by atoms with van der Waals surface area (Å²) < 4.78 is 0. The highest BCUT2D eigenvalue weighted by Crippen LogP contribution is 2.28. The molecule has 0 amide bonds. The summed E-state index contributed by atoms with van der Waals surface area (Å²) in [6.07, 6.45) is 6.74. The molecule has 1 saturated heterocycles. The molecule has 0 spiro atoms. The van der Waals surface area contributed by atoms with Gasteiger partial charge in [0.1, 0.15) is 0 Å². The summed E-state index contributed by atoms with van der Waals surface area (Å²) in [4.78, 5) is 2.64. The fourth-order valence-corrected chi connectivity index (χ4v) is 2.48. The largest absolute Gasteiger partial charge is 0.317 e. The maximum absolute atomic E-state index is 3.46. The second-order valence-electron chi connectivity index (χ2n) is 6.00. The van der Waals surface area contributed by atoms with Gasteiger partial charge in [-0.05, 0) is 57.3 Å². The van der Waals surface area contributed by atoms with E-state index in [1.54, 1.807) is 0 Å². The third kappa shape index (κ3) is 5.86. The van der Waals surface area contributed by atoms with Crippen molar-refractivity contribution >= 4 is 0 Å². The third-order valence-corrected chi connectivity index (χ3v) is 3.51. The lowest BCUT2D eigenvalue weighted by Gasteiger charge is -2.19. The van der Waals surface area contributed by atoms with E-state index in [-0.39, 0.29) is 0 Å². The first kappa shape index (κ1) is 14.0. The molecule has 0 aliphatic carbocycles. The van der Waals surface area contributed by atoms with Crippen LogP contribution < -0.4 is 5.32 Å². The molecule has 0 bridgehead atoms. The Hall–Kier alpha value is -0.0800. The van der Waals surface area contributed by atoms with E-state index in [1.807, 2.05) is 0 Å². The Kier molecular flexibility index (Phi) is 6.37. The van der Waals surface area contributed by atoms with Crippen molar-refractivity contribution < 1.29 is 0 Å². The summed E-state index contributed by atoms with van der Waals surface area (Å²) in [5.74, 6) is 0. The van der Waals surface area contributed by atoms with Gasteiger partial charge in [0.05, 0.1) is 0 Å². The number of hydrogen-bond acceptors (Lipinski definition) is 2. The Morgan fingerprint density at radius 3 is 2.56 bits per heavy atom. The van der Waals surface area contributed by atoms with E-state index in [2.05, 4.69) is 31.0 Å². The average molecular weight is 226 g/mol. The zero-order valence-electron chi connectivity index (χ0n) is 11.5. The van der Waals surface area contributed by atoms with Crippen LogP contribution in [0.1, 0.15) is 52.9 Å². The van der Waals surface area contributed by atoms with Crippen LogP contribution in [0, 0.1) is 5.41 Å². The highest BCUT2D eigenvalue weighted by molar-refractivity contribution is 4.82. The fourth-order valence-electron chi connectivity index (χ4n) is 2.48. The number of rotatable bonds is 8. The Morgan fingerprint density at radius 1 is 1.12 bits per heavy atom. The molecule has 1 N–H and O–H groups in total. The maximum atomic E-state index is 3.46. The van der Waals surface area contributed by atoms with E-state index < -0.39 is 0 Å². The van der Waals surface area contributed by atoms with Crippen molar-refractivity contribution in [3.63, 3.8) is 0 Å². The molecular formula is C14H30N2. The van der Waals surface area contributed by atoms with E-state index >= 15 is 0 Å². The van der Waals surface area contributed by atoms with Crippen molar-refractivity contribution in [2.45, 2.75) is 52.9 Å². The highest BCUT2D eigenvalue weighted by Gasteiger charge is 2.28. The SMILES string of the molecule is CCCNCCCCCN1CCC(C)(C)C1. The van der Waals surface area contributed by atoms with Crippen LogP contribution in [-0.4, -0.2) is 37.6 Å². The van der Waals surface area contributed by atoms with Crippen molar-refractivity contribution in [1.29, 1.82) is 0 Å². The van der Waals surface area contributed by atoms with Crippen LogP contribution in [0.3, 0.4) is 0 Å². The second-order valence-corrected chi connectivity index (χ2v) is 6.00. The lowest BCUT2D eigenvalue weighted by atomic mass is 9.93. The Morgan fingerprint density at radius 2 is 1.94 bits per heavy atom. The highest BCUT2D eigenvalue weighted by atomic mass is 15.1. The van der Waals surface area contributed by atoms with Crippen molar-refractivity contribution in [2.24, 2.45) is 5.41 Å². The molecule has 1 fully saturated rings. The van der Waals surface area contributed by atoms with Crippen molar-refractivity contribution in [2.75, 3.05) is 32.7 Å². The van der Waals surface area contributed by atoms with E-state index in [0.29, 0.717) is 5.41 Å². The summed E-state index contributed by atoms with van der Waals surface area (Å²) in [6.45, 7) is 13.3. The van der Waals surface area contributed by atoms with Crippen LogP contribution in [0.5, 0.6) is 0 Å². The number of unbranched alkanes of at least 4 members (excludes halogenated alkanes) is 2. The quantitative estimate of drug-likeness (QED) is 0.640. The molecule has 1 rings (SSSR count). The zero-order chi connectivity index (χ0) is 11.9. The average Bonchev–Trinajstić information content (AvgIpc) is 2.57. The van der Waals surface area contributed by atoms with Crippen molar-refractivity contribution in [3.8, 4) is 0 Å². The first-order valence-electron chi connectivity index (χ1n) is 7.07. The minimum Gasteiger partial charge on any atom is -0.317 e. The molecule has 0 unspecified atom stereocenters. The molecule has 16 heavy (non-hydrogen) atoms. The normalized spacial score (nSPS) is 20.4. The van der Waals surface area contributed by atoms with Crippen LogP contribution in [0.2, 0.25) is 0 Å². The fraction of sp³-hybridized carbons (Fsp3) is 1.00. The smallest absolute Gasteiger partial charge is 0.00332 e. The molecule has 0 aromatic heterocycles. The summed E-state index contributed by atoms with van der Waals surface area (Å²) >= 11 is 0. The third-order valence-electron chi connectivity index (χ3n) is 3.51. The molecule has 1 heterocycles.